The van der Waals surface area contributed by atoms with Gasteiger partial charge in [0.25, 0.3) is 0 Å². The first-order valence-electron chi connectivity index (χ1n) is 15.3. The highest BCUT2D eigenvalue weighted by molar-refractivity contribution is 5.99. The van der Waals surface area contributed by atoms with E-state index < -0.39 is 0 Å². The number of carbonyl (C=O) groups excluding carboxylic acids is 2. The monoisotopic (exact) mass is 563 g/mol. The van der Waals surface area contributed by atoms with Crippen LogP contribution in [0.25, 0.3) is 6.08 Å². The lowest BCUT2D eigenvalue weighted by Gasteiger charge is -2.39. The Morgan fingerprint density at radius 2 is 1.69 bits per heavy atom. The second-order valence-electron chi connectivity index (χ2n) is 11.9. The predicted molar refractivity (Wildman–Crippen MR) is 168 cm³/mol. The highest BCUT2D eigenvalue weighted by Crippen LogP contribution is 2.43. The molecule has 0 saturated carbocycles. The molecule has 2 aliphatic heterocycles. The molecule has 0 N–H and O–H groups in total. The fourth-order valence-corrected chi connectivity index (χ4v) is 6.90. The normalized spacial score (nSPS) is 19.3. The molecule has 6 heteroatoms. The SMILES string of the molecule is COc1ccc(CCN2CC(C(=O)N(CCCN3CCC4(C=Cc5ccccc54)CC3)c3ccccc3)CC2=O)cc1. The quantitative estimate of drug-likeness (QED) is 0.324. The minimum absolute atomic E-state index is 0.0618. The third kappa shape index (κ3) is 6.00. The van der Waals surface area contributed by atoms with Crippen molar-refractivity contribution in [1.82, 2.24) is 9.80 Å². The van der Waals surface area contributed by atoms with E-state index in [2.05, 4.69) is 41.3 Å². The number of benzene rings is 3. The molecule has 42 heavy (non-hydrogen) atoms. The van der Waals surface area contributed by atoms with Crippen molar-refractivity contribution < 1.29 is 14.3 Å². The predicted octanol–water partition coefficient (Wildman–Crippen LogP) is 5.57. The number of anilines is 1. The number of piperidine rings is 1. The summed E-state index contributed by atoms with van der Waals surface area (Å²) < 4.78 is 5.25. The minimum atomic E-state index is -0.308. The number of para-hydroxylation sites is 1. The molecule has 6 rings (SSSR count). The first-order chi connectivity index (χ1) is 20.5. The lowest BCUT2D eigenvalue weighted by atomic mass is 9.74. The molecule has 0 bridgehead atoms. The van der Waals surface area contributed by atoms with Gasteiger partial charge in [0.1, 0.15) is 5.75 Å². The summed E-state index contributed by atoms with van der Waals surface area (Å²) in [5, 5.41) is 0. The molecule has 6 nitrogen and oxygen atoms in total. The third-order valence-corrected chi connectivity index (χ3v) is 9.41. The lowest BCUT2D eigenvalue weighted by Crippen LogP contribution is -2.43. The van der Waals surface area contributed by atoms with Crippen molar-refractivity contribution in [3.63, 3.8) is 0 Å². The number of hydrogen-bond acceptors (Lipinski definition) is 4. The van der Waals surface area contributed by atoms with Crippen LogP contribution in [0.5, 0.6) is 5.75 Å². The van der Waals surface area contributed by atoms with E-state index in [1.54, 1.807) is 7.11 Å². The molecule has 2 fully saturated rings. The maximum atomic E-state index is 13.9. The van der Waals surface area contributed by atoms with Crippen molar-refractivity contribution in [2.75, 3.05) is 51.3 Å². The number of likely N-dealkylation sites (tertiary alicyclic amines) is 2. The first-order valence-corrected chi connectivity index (χ1v) is 15.3. The maximum absolute atomic E-state index is 13.9. The molecule has 1 unspecified atom stereocenters. The number of carbonyl (C=O) groups is 2. The standard InChI is InChI=1S/C36H41N3O3/c1-42-32-14-12-28(13-15-32)17-23-38-27-30(26-34(38)40)35(41)39(31-9-3-2-4-10-31)22-7-21-37-24-19-36(20-25-37)18-16-29-8-5-6-11-33(29)36/h2-6,8-16,18,30H,7,17,19-27H2,1H3. The van der Waals surface area contributed by atoms with E-state index >= 15 is 0 Å². The van der Waals surface area contributed by atoms with E-state index in [4.69, 9.17) is 4.74 Å². The first kappa shape index (κ1) is 28.2. The topological polar surface area (TPSA) is 53.1 Å². The van der Waals surface area contributed by atoms with E-state index in [0.29, 0.717) is 19.6 Å². The number of rotatable bonds is 10. The van der Waals surface area contributed by atoms with Gasteiger partial charge in [0, 0.05) is 37.2 Å². The maximum Gasteiger partial charge on any atom is 0.232 e. The fourth-order valence-electron chi connectivity index (χ4n) is 6.90. The van der Waals surface area contributed by atoms with E-state index in [0.717, 1.165) is 62.3 Å². The number of methoxy groups -OCH3 is 1. The van der Waals surface area contributed by atoms with Crippen LogP contribution in [-0.4, -0.2) is 68.0 Å². The summed E-state index contributed by atoms with van der Waals surface area (Å²) in [6.07, 6.45) is 8.94. The van der Waals surface area contributed by atoms with Gasteiger partial charge < -0.3 is 19.4 Å². The molecule has 2 amide bonds. The van der Waals surface area contributed by atoms with Crippen molar-refractivity contribution in [3.8, 4) is 5.75 Å². The Balaban J connectivity index is 1.03. The molecule has 3 aliphatic rings. The number of fused-ring (bicyclic) bond motifs is 2. The minimum Gasteiger partial charge on any atom is -0.497 e. The molecular formula is C36H41N3O3. The molecule has 1 atom stereocenters. The molecule has 1 aliphatic carbocycles. The second kappa shape index (κ2) is 12.5. The average Bonchev–Trinajstić information content (AvgIpc) is 3.59. The van der Waals surface area contributed by atoms with Crippen LogP contribution in [-0.2, 0) is 21.4 Å². The van der Waals surface area contributed by atoms with Crippen molar-refractivity contribution in [1.29, 1.82) is 0 Å². The lowest BCUT2D eigenvalue weighted by molar-refractivity contribution is -0.128. The van der Waals surface area contributed by atoms with Gasteiger partial charge in [-0.15, -0.1) is 0 Å². The largest absolute Gasteiger partial charge is 0.497 e. The molecule has 0 aromatic heterocycles. The molecule has 3 aromatic rings. The molecule has 0 radical (unpaired) electrons. The highest BCUT2D eigenvalue weighted by Gasteiger charge is 2.38. The molecule has 2 heterocycles. The van der Waals surface area contributed by atoms with Crippen molar-refractivity contribution in [2.24, 2.45) is 5.92 Å². The van der Waals surface area contributed by atoms with Crippen LogP contribution in [0.1, 0.15) is 42.4 Å². The number of ether oxygens (including phenoxy) is 1. The molecule has 2 saturated heterocycles. The number of hydrogen-bond donors (Lipinski definition) is 0. The summed E-state index contributed by atoms with van der Waals surface area (Å²) in [6.45, 7) is 4.87. The van der Waals surface area contributed by atoms with E-state index in [1.807, 2.05) is 64.4 Å². The van der Waals surface area contributed by atoms with Crippen LogP contribution >= 0.6 is 0 Å². The summed E-state index contributed by atoms with van der Waals surface area (Å²) in [5.74, 6) is 0.646. The summed E-state index contributed by atoms with van der Waals surface area (Å²) in [6, 6.07) is 26.7. The molecule has 218 valence electrons. The zero-order valence-electron chi connectivity index (χ0n) is 24.6. The van der Waals surface area contributed by atoms with Gasteiger partial charge in [0.2, 0.25) is 11.8 Å². The van der Waals surface area contributed by atoms with Crippen molar-refractivity contribution >= 4 is 23.6 Å². The Bertz CT molecular complexity index is 1410. The Labute approximate surface area is 249 Å². The van der Waals surface area contributed by atoms with Gasteiger partial charge in [0.05, 0.1) is 13.0 Å². The van der Waals surface area contributed by atoms with E-state index in [9.17, 15) is 9.59 Å². The van der Waals surface area contributed by atoms with Crippen LogP contribution in [0.15, 0.2) is 84.9 Å². The van der Waals surface area contributed by atoms with Crippen molar-refractivity contribution in [3.05, 3.63) is 102 Å². The molecule has 1 spiro atoms. The Kier molecular flexibility index (Phi) is 8.43. The van der Waals surface area contributed by atoms with Gasteiger partial charge in [-0.2, -0.15) is 0 Å². The third-order valence-electron chi connectivity index (χ3n) is 9.41. The van der Waals surface area contributed by atoms with Gasteiger partial charge in [0.15, 0.2) is 0 Å². The van der Waals surface area contributed by atoms with Gasteiger partial charge in [-0.25, -0.2) is 0 Å². The van der Waals surface area contributed by atoms with E-state index in [-0.39, 0.29) is 29.6 Å². The highest BCUT2D eigenvalue weighted by atomic mass is 16.5. The summed E-state index contributed by atoms with van der Waals surface area (Å²) in [7, 11) is 1.66. The smallest absolute Gasteiger partial charge is 0.232 e. The zero-order chi connectivity index (χ0) is 28.9. The summed E-state index contributed by atoms with van der Waals surface area (Å²) in [5.41, 5.74) is 5.10. The van der Waals surface area contributed by atoms with Crippen LogP contribution in [0.3, 0.4) is 0 Å². The Morgan fingerprint density at radius 3 is 2.45 bits per heavy atom. The zero-order valence-corrected chi connectivity index (χ0v) is 24.6. The number of allylic oxidation sites excluding steroid dienone is 1. The fraction of sp³-hybridized carbons (Fsp3) is 0.389. The Morgan fingerprint density at radius 1 is 0.952 bits per heavy atom. The number of nitrogens with zero attached hydrogens (tertiary/aromatic N) is 3. The van der Waals surface area contributed by atoms with Gasteiger partial charge in [-0.3, -0.25) is 9.59 Å². The van der Waals surface area contributed by atoms with Gasteiger partial charge in [-0.1, -0.05) is 66.7 Å². The summed E-state index contributed by atoms with van der Waals surface area (Å²) in [4.78, 5) is 33.1. The van der Waals surface area contributed by atoms with Crippen molar-refractivity contribution in [2.45, 2.75) is 37.5 Å². The Hall–Kier alpha value is -3.90. The average molecular weight is 564 g/mol. The van der Waals surface area contributed by atoms with Crippen LogP contribution in [0, 0.1) is 5.92 Å². The van der Waals surface area contributed by atoms with Crippen LogP contribution in [0.4, 0.5) is 5.69 Å². The van der Waals surface area contributed by atoms with Gasteiger partial charge >= 0.3 is 0 Å². The van der Waals surface area contributed by atoms with Crippen LogP contribution < -0.4 is 9.64 Å². The molecular weight excluding hydrogens is 522 g/mol. The van der Waals surface area contributed by atoms with Gasteiger partial charge in [-0.05, 0) is 86.3 Å². The van der Waals surface area contributed by atoms with Crippen LogP contribution in [0.2, 0.25) is 0 Å². The second-order valence-corrected chi connectivity index (χ2v) is 11.9. The summed E-state index contributed by atoms with van der Waals surface area (Å²) >= 11 is 0. The van der Waals surface area contributed by atoms with E-state index in [1.165, 1.54) is 11.1 Å². The number of amides is 2. The molecule has 3 aromatic carbocycles.